The van der Waals surface area contributed by atoms with Crippen LogP contribution in [-0.4, -0.2) is 39.4 Å². The summed E-state index contributed by atoms with van der Waals surface area (Å²) in [5.41, 5.74) is 1.07. The SMILES string of the molecule is CCN(CC)c1ncc(CNCc2cc(OC)c(OC)c(OC)c2)s1. The highest BCUT2D eigenvalue weighted by atomic mass is 32.1. The van der Waals surface area contributed by atoms with E-state index in [1.54, 1.807) is 32.7 Å². The van der Waals surface area contributed by atoms with Crippen LogP contribution in [0.1, 0.15) is 24.3 Å². The van der Waals surface area contributed by atoms with Crippen LogP contribution < -0.4 is 24.4 Å². The number of hydrogen-bond donors (Lipinski definition) is 1. The van der Waals surface area contributed by atoms with Gasteiger partial charge in [-0.1, -0.05) is 0 Å². The average Bonchev–Trinajstić information content (AvgIpc) is 3.10. The zero-order chi connectivity index (χ0) is 18.2. The summed E-state index contributed by atoms with van der Waals surface area (Å²) in [7, 11) is 4.86. The number of aromatic nitrogens is 1. The fourth-order valence-corrected chi connectivity index (χ4v) is 3.59. The minimum Gasteiger partial charge on any atom is -0.493 e. The Morgan fingerprint density at radius 3 is 2.16 bits per heavy atom. The summed E-state index contributed by atoms with van der Waals surface area (Å²) in [4.78, 5) is 7.98. The minimum atomic E-state index is 0.611. The monoisotopic (exact) mass is 365 g/mol. The highest BCUT2D eigenvalue weighted by Gasteiger charge is 2.13. The lowest BCUT2D eigenvalue weighted by molar-refractivity contribution is 0.323. The summed E-state index contributed by atoms with van der Waals surface area (Å²) in [5.74, 6) is 1.94. The third-order valence-corrected chi connectivity index (χ3v) is 4.99. The molecule has 1 aromatic heterocycles. The van der Waals surface area contributed by atoms with Crippen LogP contribution >= 0.6 is 11.3 Å². The maximum absolute atomic E-state index is 5.39. The summed E-state index contributed by atoms with van der Waals surface area (Å²) in [5, 5.41) is 4.52. The number of benzene rings is 1. The van der Waals surface area contributed by atoms with Gasteiger partial charge in [0, 0.05) is 37.3 Å². The van der Waals surface area contributed by atoms with Gasteiger partial charge in [-0.25, -0.2) is 4.98 Å². The average molecular weight is 365 g/mol. The van der Waals surface area contributed by atoms with Crippen LogP contribution in [-0.2, 0) is 13.1 Å². The molecule has 0 aliphatic carbocycles. The number of nitrogens with zero attached hydrogens (tertiary/aromatic N) is 2. The Morgan fingerprint density at radius 1 is 1.00 bits per heavy atom. The number of rotatable bonds is 10. The Balaban J connectivity index is 2.00. The van der Waals surface area contributed by atoms with Gasteiger partial charge in [0.05, 0.1) is 21.3 Å². The third-order valence-electron chi connectivity index (χ3n) is 3.93. The van der Waals surface area contributed by atoms with E-state index in [9.17, 15) is 0 Å². The lowest BCUT2D eigenvalue weighted by Gasteiger charge is -2.16. The first kappa shape index (κ1) is 19.3. The van der Waals surface area contributed by atoms with Crippen LogP contribution in [0.2, 0.25) is 0 Å². The van der Waals surface area contributed by atoms with E-state index in [0.717, 1.165) is 30.3 Å². The van der Waals surface area contributed by atoms with Crippen LogP contribution in [0.4, 0.5) is 5.13 Å². The highest BCUT2D eigenvalue weighted by molar-refractivity contribution is 7.15. The van der Waals surface area contributed by atoms with Gasteiger partial charge in [0.15, 0.2) is 16.6 Å². The molecular weight excluding hydrogens is 338 g/mol. The Hall–Kier alpha value is -1.99. The lowest BCUT2D eigenvalue weighted by atomic mass is 10.1. The number of anilines is 1. The second kappa shape index (κ2) is 9.48. The van der Waals surface area contributed by atoms with Crippen molar-refractivity contribution in [2.45, 2.75) is 26.9 Å². The van der Waals surface area contributed by atoms with Gasteiger partial charge in [0.1, 0.15) is 0 Å². The van der Waals surface area contributed by atoms with Gasteiger partial charge in [-0.2, -0.15) is 0 Å². The van der Waals surface area contributed by atoms with Crippen molar-refractivity contribution in [1.29, 1.82) is 0 Å². The zero-order valence-corrected chi connectivity index (χ0v) is 16.4. The number of ether oxygens (including phenoxy) is 3. The van der Waals surface area contributed by atoms with Gasteiger partial charge in [0.2, 0.25) is 5.75 Å². The molecule has 0 saturated carbocycles. The molecule has 2 aromatic rings. The molecule has 1 heterocycles. The predicted octanol–water partition coefficient (Wildman–Crippen LogP) is 3.30. The molecule has 0 bridgehead atoms. The minimum absolute atomic E-state index is 0.611. The van der Waals surface area contributed by atoms with Crippen LogP contribution in [0.15, 0.2) is 18.3 Å². The molecule has 25 heavy (non-hydrogen) atoms. The van der Waals surface area contributed by atoms with Crippen molar-refractivity contribution in [1.82, 2.24) is 10.3 Å². The van der Waals surface area contributed by atoms with Crippen molar-refractivity contribution in [3.05, 3.63) is 28.8 Å². The second-order valence-corrected chi connectivity index (χ2v) is 6.51. The number of thiazole rings is 1. The predicted molar refractivity (Wildman–Crippen MR) is 102 cm³/mol. The Bertz CT molecular complexity index is 646. The molecule has 0 unspecified atom stereocenters. The van der Waals surface area contributed by atoms with Crippen molar-refractivity contribution in [2.24, 2.45) is 0 Å². The van der Waals surface area contributed by atoms with Crippen LogP contribution in [0.3, 0.4) is 0 Å². The number of hydrogen-bond acceptors (Lipinski definition) is 7. The first-order valence-electron chi connectivity index (χ1n) is 8.36. The van der Waals surface area contributed by atoms with Gasteiger partial charge in [-0.05, 0) is 31.5 Å². The molecule has 0 saturated heterocycles. The summed E-state index contributed by atoms with van der Waals surface area (Å²) in [6.45, 7) is 7.72. The molecule has 0 amide bonds. The van der Waals surface area contributed by atoms with Crippen molar-refractivity contribution in [3.63, 3.8) is 0 Å². The Morgan fingerprint density at radius 2 is 1.64 bits per heavy atom. The standard InChI is InChI=1S/C18H27N3O3S/c1-6-21(7-2)18-20-12-14(25-18)11-19-10-13-8-15(22-3)17(24-5)16(9-13)23-4/h8-9,12,19H,6-7,10-11H2,1-5H3. The second-order valence-electron chi connectivity index (χ2n) is 5.42. The van der Waals surface area contributed by atoms with Gasteiger partial charge in [-0.3, -0.25) is 0 Å². The molecule has 0 aliphatic rings. The fourth-order valence-electron chi connectivity index (χ4n) is 2.59. The van der Waals surface area contributed by atoms with E-state index in [1.807, 2.05) is 18.3 Å². The Kier molecular flexibility index (Phi) is 7.33. The van der Waals surface area contributed by atoms with Crippen LogP contribution in [0.5, 0.6) is 17.2 Å². The molecule has 0 spiro atoms. The molecule has 0 radical (unpaired) electrons. The topological polar surface area (TPSA) is 55.9 Å². The van der Waals surface area contributed by atoms with Gasteiger partial charge in [0.25, 0.3) is 0 Å². The van der Waals surface area contributed by atoms with Gasteiger partial charge < -0.3 is 24.4 Å². The largest absolute Gasteiger partial charge is 0.493 e. The molecule has 2 rings (SSSR count). The van der Waals surface area contributed by atoms with Crippen molar-refractivity contribution in [2.75, 3.05) is 39.3 Å². The lowest BCUT2D eigenvalue weighted by Crippen LogP contribution is -2.21. The van der Waals surface area contributed by atoms with E-state index in [2.05, 4.69) is 29.0 Å². The van der Waals surface area contributed by atoms with E-state index < -0.39 is 0 Å². The molecule has 7 heteroatoms. The van der Waals surface area contributed by atoms with E-state index in [-0.39, 0.29) is 0 Å². The summed E-state index contributed by atoms with van der Waals surface area (Å²) in [6.07, 6.45) is 1.94. The maximum Gasteiger partial charge on any atom is 0.203 e. The van der Waals surface area contributed by atoms with Crippen LogP contribution in [0, 0.1) is 0 Å². The first-order valence-corrected chi connectivity index (χ1v) is 9.17. The van der Waals surface area contributed by atoms with E-state index in [1.165, 1.54) is 4.88 Å². The highest BCUT2D eigenvalue weighted by Crippen LogP contribution is 2.38. The van der Waals surface area contributed by atoms with E-state index >= 15 is 0 Å². The number of methoxy groups -OCH3 is 3. The van der Waals surface area contributed by atoms with Crippen molar-refractivity contribution in [3.8, 4) is 17.2 Å². The van der Waals surface area contributed by atoms with E-state index in [0.29, 0.717) is 23.8 Å². The van der Waals surface area contributed by atoms with E-state index in [4.69, 9.17) is 14.2 Å². The molecule has 138 valence electrons. The quantitative estimate of drug-likeness (QED) is 0.697. The first-order chi connectivity index (χ1) is 12.2. The van der Waals surface area contributed by atoms with Crippen molar-refractivity contribution >= 4 is 16.5 Å². The molecule has 0 atom stereocenters. The number of nitrogens with one attached hydrogen (secondary N) is 1. The third kappa shape index (κ3) is 4.76. The Labute approximate surface area is 153 Å². The van der Waals surface area contributed by atoms with Gasteiger partial charge in [-0.15, -0.1) is 11.3 Å². The summed E-state index contributed by atoms with van der Waals surface area (Å²) < 4.78 is 16.1. The van der Waals surface area contributed by atoms with Crippen molar-refractivity contribution < 1.29 is 14.2 Å². The molecule has 0 aliphatic heterocycles. The van der Waals surface area contributed by atoms with Gasteiger partial charge >= 0.3 is 0 Å². The molecule has 0 fully saturated rings. The molecular formula is C18H27N3O3S. The molecule has 1 N–H and O–H groups in total. The summed E-state index contributed by atoms with van der Waals surface area (Å²) >= 11 is 1.73. The smallest absolute Gasteiger partial charge is 0.203 e. The normalized spacial score (nSPS) is 10.6. The summed E-state index contributed by atoms with van der Waals surface area (Å²) in [6, 6.07) is 3.92. The molecule has 6 nitrogen and oxygen atoms in total. The maximum atomic E-state index is 5.39. The fraction of sp³-hybridized carbons (Fsp3) is 0.500. The zero-order valence-electron chi connectivity index (χ0n) is 15.6. The van der Waals surface area contributed by atoms with Crippen LogP contribution in [0.25, 0.3) is 0 Å². The molecule has 1 aromatic carbocycles.